The first-order chi connectivity index (χ1) is 15.0. The number of nitro groups is 1. The predicted octanol–water partition coefficient (Wildman–Crippen LogP) is 4.34. The van der Waals surface area contributed by atoms with Crippen molar-refractivity contribution in [3.63, 3.8) is 0 Å². The molecule has 1 N–H and O–H groups in total. The Morgan fingerprint density at radius 1 is 1.10 bits per heavy atom. The zero-order chi connectivity index (χ0) is 22.6. The number of nitrogens with zero attached hydrogens (tertiary/aromatic N) is 3. The van der Waals surface area contributed by atoms with Crippen molar-refractivity contribution in [3.8, 4) is 0 Å². The van der Waals surface area contributed by atoms with Crippen molar-refractivity contribution in [2.45, 2.75) is 58.9 Å². The van der Waals surface area contributed by atoms with Crippen LogP contribution in [-0.2, 0) is 6.54 Å². The van der Waals surface area contributed by atoms with E-state index in [1.807, 2.05) is 0 Å². The van der Waals surface area contributed by atoms with E-state index in [1.165, 1.54) is 30.5 Å². The van der Waals surface area contributed by atoms with Gasteiger partial charge in [-0.1, -0.05) is 39.5 Å². The molecule has 0 bridgehead atoms. The molecule has 31 heavy (non-hydrogen) atoms. The number of benzene rings is 1. The Morgan fingerprint density at radius 2 is 1.77 bits per heavy atom. The fourth-order valence-electron chi connectivity index (χ4n) is 3.03. The van der Waals surface area contributed by atoms with E-state index in [2.05, 4.69) is 24.1 Å². The first kappa shape index (κ1) is 24.0. The van der Waals surface area contributed by atoms with E-state index in [9.17, 15) is 19.7 Å². The van der Waals surface area contributed by atoms with Gasteiger partial charge in [-0.25, -0.2) is 4.98 Å². The Labute approximate surface area is 182 Å². The molecule has 0 aliphatic rings. The van der Waals surface area contributed by atoms with Gasteiger partial charge in [-0.3, -0.25) is 19.7 Å². The quantitative estimate of drug-likeness (QED) is 0.287. The van der Waals surface area contributed by atoms with E-state index in [-0.39, 0.29) is 35.6 Å². The van der Waals surface area contributed by atoms with Crippen LogP contribution >= 0.6 is 0 Å². The van der Waals surface area contributed by atoms with E-state index in [0.717, 1.165) is 38.5 Å². The molecule has 2 rings (SSSR count). The Kier molecular flexibility index (Phi) is 9.67. The number of rotatable bonds is 13. The summed E-state index contributed by atoms with van der Waals surface area (Å²) in [5, 5.41) is 13.7. The van der Waals surface area contributed by atoms with Crippen LogP contribution in [0.25, 0.3) is 0 Å². The molecule has 0 unspecified atom stereocenters. The lowest BCUT2D eigenvalue weighted by molar-refractivity contribution is -0.384. The monoisotopic (exact) mass is 430 g/mol. The molecule has 1 aromatic heterocycles. The molecule has 168 valence electrons. The van der Waals surface area contributed by atoms with E-state index < -0.39 is 4.92 Å². The third-order valence-corrected chi connectivity index (χ3v) is 4.82. The molecule has 0 spiro atoms. The molecule has 2 aromatic rings. The number of oxazole rings is 1. The van der Waals surface area contributed by atoms with Crippen LogP contribution in [-0.4, -0.2) is 39.7 Å². The van der Waals surface area contributed by atoms with Crippen molar-refractivity contribution in [2.24, 2.45) is 0 Å². The summed E-state index contributed by atoms with van der Waals surface area (Å²) >= 11 is 0. The Hall–Kier alpha value is -3.23. The second-order valence-electron chi connectivity index (χ2n) is 7.33. The van der Waals surface area contributed by atoms with E-state index in [1.54, 1.807) is 4.90 Å². The van der Waals surface area contributed by atoms with Crippen LogP contribution < -0.4 is 5.32 Å². The van der Waals surface area contributed by atoms with Crippen molar-refractivity contribution < 1.29 is 18.9 Å². The highest BCUT2D eigenvalue weighted by Gasteiger charge is 2.20. The van der Waals surface area contributed by atoms with Crippen molar-refractivity contribution in [2.75, 3.05) is 13.1 Å². The lowest BCUT2D eigenvalue weighted by Crippen LogP contribution is -2.32. The van der Waals surface area contributed by atoms with E-state index in [4.69, 9.17) is 4.42 Å². The molecular weight excluding hydrogens is 400 g/mol. The van der Waals surface area contributed by atoms with Gasteiger partial charge >= 0.3 is 0 Å². The van der Waals surface area contributed by atoms with Crippen LogP contribution in [0.2, 0.25) is 0 Å². The molecule has 1 heterocycles. The Balaban J connectivity index is 2.06. The number of nitrogens with one attached hydrogen (secondary N) is 1. The third-order valence-electron chi connectivity index (χ3n) is 4.82. The number of aromatic nitrogens is 1. The SMILES string of the molecule is CCCCCNC(=O)c1coc(CN(CCCCC)C(=O)c2ccc([N+](=O)[O-])cc2)n1. The number of non-ortho nitro benzene ring substituents is 1. The Bertz CT molecular complexity index is 863. The minimum absolute atomic E-state index is 0.0728. The van der Waals surface area contributed by atoms with Crippen LogP contribution in [0, 0.1) is 10.1 Å². The van der Waals surface area contributed by atoms with Crippen molar-refractivity contribution in [3.05, 3.63) is 57.8 Å². The number of nitro benzene ring substituents is 1. The lowest BCUT2D eigenvalue weighted by Gasteiger charge is -2.21. The van der Waals surface area contributed by atoms with Crippen LogP contribution in [0.3, 0.4) is 0 Å². The second-order valence-corrected chi connectivity index (χ2v) is 7.33. The van der Waals surface area contributed by atoms with Gasteiger partial charge in [0.05, 0.1) is 11.5 Å². The third kappa shape index (κ3) is 7.51. The summed E-state index contributed by atoms with van der Waals surface area (Å²) in [5.74, 6) is -0.300. The molecule has 0 radical (unpaired) electrons. The van der Waals surface area contributed by atoms with Gasteiger partial charge in [0, 0.05) is 30.8 Å². The van der Waals surface area contributed by atoms with Gasteiger partial charge in [-0.15, -0.1) is 0 Å². The van der Waals surface area contributed by atoms with Crippen LogP contribution in [0.1, 0.15) is 79.1 Å². The maximum Gasteiger partial charge on any atom is 0.273 e. The highest BCUT2D eigenvalue weighted by molar-refractivity contribution is 5.94. The standard InChI is InChI=1S/C22H30N4O5/c1-3-5-7-13-23-21(27)19-16-31-20(24-19)15-25(14-8-6-4-2)22(28)17-9-11-18(12-10-17)26(29)30/h9-12,16H,3-8,13-15H2,1-2H3,(H,23,27). The fourth-order valence-corrected chi connectivity index (χ4v) is 3.03. The number of carbonyl (C=O) groups is 2. The van der Waals surface area contributed by atoms with E-state index in [0.29, 0.717) is 18.7 Å². The topological polar surface area (TPSA) is 119 Å². The number of hydrogen-bond donors (Lipinski definition) is 1. The zero-order valence-corrected chi connectivity index (χ0v) is 18.1. The van der Waals surface area contributed by atoms with Gasteiger partial charge in [0.25, 0.3) is 17.5 Å². The van der Waals surface area contributed by atoms with Crippen LogP contribution in [0.15, 0.2) is 34.9 Å². The van der Waals surface area contributed by atoms with Crippen LogP contribution in [0.5, 0.6) is 0 Å². The average molecular weight is 431 g/mol. The number of hydrogen-bond acceptors (Lipinski definition) is 6. The normalized spacial score (nSPS) is 10.6. The van der Waals surface area contributed by atoms with Gasteiger partial charge in [0.15, 0.2) is 5.69 Å². The highest BCUT2D eigenvalue weighted by Crippen LogP contribution is 2.16. The average Bonchev–Trinajstić information content (AvgIpc) is 3.24. The van der Waals surface area contributed by atoms with Gasteiger partial charge in [-0.2, -0.15) is 0 Å². The highest BCUT2D eigenvalue weighted by atomic mass is 16.6. The Morgan fingerprint density at radius 3 is 2.42 bits per heavy atom. The summed E-state index contributed by atoms with van der Waals surface area (Å²) in [5.41, 5.74) is 0.460. The lowest BCUT2D eigenvalue weighted by atomic mass is 10.1. The number of amides is 2. The summed E-state index contributed by atoms with van der Waals surface area (Å²) in [4.78, 5) is 41.3. The largest absolute Gasteiger partial charge is 0.446 e. The number of carbonyl (C=O) groups excluding carboxylic acids is 2. The fraction of sp³-hybridized carbons (Fsp3) is 0.500. The molecule has 0 atom stereocenters. The molecular formula is C22H30N4O5. The molecule has 0 aliphatic carbocycles. The molecule has 9 heteroatoms. The minimum Gasteiger partial charge on any atom is -0.446 e. The summed E-state index contributed by atoms with van der Waals surface area (Å²) in [6.07, 6.45) is 7.08. The van der Waals surface area contributed by atoms with Crippen molar-refractivity contribution in [1.82, 2.24) is 15.2 Å². The first-order valence-corrected chi connectivity index (χ1v) is 10.7. The van der Waals surface area contributed by atoms with Crippen molar-refractivity contribution in [1.29, 1.82) is 0 Å². The molecule has 0 aliphatic heterocycles. The van der Waals surface area contributed by atoms with Gasteiger partial charge in [-0.05, 0) is 25.0 Å². The van der Waals surface area contributed by atoms with Crippen LogP contribution in [0.4, 0.5) is 5.69 Å². The summed E-state index contributed by atoms with van der Waals surface area (Å²) in [6.45, 7) is 5.35. The molecule has 0 saturated heterocycles. The zero-order valence-electron chi connectivity index (χ0n) is 18.1. The number of unbranched alkanes of at least 4 members (excludes halogenated alkanes) is 4. The predicted molar refractivity (Wildman–Crippen MR) is 116 cm³/mol. The summed E-state index contributed by atoms with van der Waals surface area (Å²) in [6, 6.07) is 5.50. The molecule has 0 saturated carbocycles. The van der Waals surface area contributed by atoms with Gasteiger partial charge < -0.3 is 14.6 Å². The maximum absolute atomic E-state index is 13.0. The molecule has 9 nitrogen and oxygen atoms in total. The van der Waals surface area contributed by atoms with Gasteiger partial charge in [0.1, 0.15) is 6.26 Å². The molecule has 2 amide bonds. The summed E-state index contributed by atoms with van der Waals surface area (Å²) in [7, 11) is 0. The van der Waals surface area contributed by atoms with Crippen molar-refractivity contribution >= 4 is 17.5 Å². The van der Waals surface area contributed by atoms with E-state index >= 15 is 0 Å². The molecule has 0 fully saturated rings. The maximum atomic E-state index is 13.0. The first-order valence-electron chi connectivity index (χ1n) is 10.7. The minimum atomic E-state index is -0.505. The summed E-state index contributed by atoms with van der Waals surface area (Å²) < 4.78 is 5.43. The smallest absolute Gasteiger partial charge is 0.273 e. The molecule has 1 aromatic carbocycles. The van der Waals surface area contributed by atoms with Gasteiger partial charge in [0.2, 0.25) is 5.89 Å². The second kappa shape index (κ2) is 12.5.